The smallest absolute Gasteiger partial charge is 0.253 e. The van der Waals surface area contributed by atoms with Crippen LogP contribution in [-0.4, -0.2) is 34.1 Å². The lowest BCUT2D eigenvalue weighted by Crippen LogP contribution is -2.42. The van der Waals surface area contributed by atoms with Gasteiger partial charge in [0.15, 0.2) is 0 Å². The minimum atomic E-state index is 0.0935. The van der Waals surface area contributed by atoms with E-state index < -0.39 is 0 Å². The van der Waals surface area contributed by atoms with E-state index in [1.165, 1.54) is 6.42 Å². The topological polar surface area (TPSA) is 59.2 Å². The Bertz CT molecular complexity index is 968. The van der Waals surface area contributed by atoms with Crippen LogP contribution in [-0.2, 0) is 0 Å². The van der Waals surface area contributed by atoms with Crippen LogP contribution in [0, 0.1) is 18.8 Å². The van der Waals surface area contributed by atoms with E-state index in [2.05, 4.69) is 24.0 Å². The zero-order valence-electron chi connectivity index (χ0n) is 16.6. The number of carbonyl (C=O) groups excluding carboxylic acids is 1. The van der Waals surface area contributed by atoms with Crippen LogP contribution in [0.15, 0.2) is 52.9 Å². The van der Waals surface area contributed by atoms with Gasteiger partial charge in [-0.15, -0.1) is 10.2 Å². The minimum absolute atomic E-state index is 0.0935. The lowest BCUT2D eigenvalue weighted by atomic mass is 9.91. The predicted molar refractivity (Wildman–Crippen MR) is 109 cm³/mol. The number of carbonyl (C=O) groups is 1. The summed E-state index contributed by atoms with van der Waals surface area (Å²) in [5.74, 6) is 2.14. The van der Waals surface area contributed by atoms with Crippen molar-refractivity contribution in [2.45, 2.75) is 27.2 Å². The Morgan fingerprint density at radius 3 is 2.25 bits per heavy atom. The monoisotopic (exact) mass is 375 g/mol. The zero-order valence-corrected chi connectivity index (χ0v) is 16.6. The fourth-order valence-electron chi connectivity index (χ4n) is 4.00. The molecule has 0 saturated carbocycles. The Labute approximate surface area is 165 Å². The Kier molecular flexibility index (Phi) is 4.99. The lowest BCUT2D eigenvalue weighted by molar-refractivity contribution is 0.0623. The number of likely N-dealkylation sites (tertiary alicyclic amines) is 1. The van der Waals surface area contributed by atoms with E-state index in [0.29, 0.717) is 29.2 Å². The Morgan fingerprint density at radius 2 is 1.61 bits per heavy atom. The number of hydrogen-bond acceptors (Lipinski definition) is 4. The summed E-state index contributed by atoms with van der Waals surface area (Å²) < 4.78 is 5.84. The molecule has 0 radical (unpaired) electrons. The summed E-state index contributed by atoms with van der Waals surface area (Å²) in [6, 6.07) is 15.4. The van der Waals surface area contributed by atoms with Gasteiger partial charge < -0.3 is 9.32 Å². The lowest BCUT2D eigenvalue weighted by Gasteiger charge is -2.35. The van der Waals surface area contributed by atoms with Crippen LogP contribution in [0.3, 0.4) is 0 Å². The molecule has 5 heteroatoms. The van der Waals surface area contributed by atoms with E-state index in [4.69, 9.17) is 4.42 Å². The number of aromatic nitrogens is 2. The molecule has 1 aliphatic rings. The number of piperidine rings is 1. The van der Waals surface area contributed by atoms with Gasteiger partial charge in [-0.3, -0.25) is 4.79 Å². The van der Waals surface area contributed by atoms with Gasteiger partial charge in [-0.25, -0.2) is 0 Å². The maximum Gasteiger partial charge on any atom is 0.253 e. The molecule has 0 aliphatic carbocycles. The van der Waals surface area contributed by atoms with Gasteiger partial charge in [0, 0.05) is 29.8 Å². The van der Waals surface area contributed by atoms with Gasteiger partial charge in [-0.2, -0.15) is 0 Å². The summed E-state index contributed by atoms with van der Waals surface area (Å²) >= 11 is 0. The second kappa shape index (κ2) is 7.58. The summed E-state index contributed by atoms with van der Waals surface area (Å²) in [5.41, 5.74) is 3.55. The van der Waals surface area contributed by atoms with Gasteiger partial charge in [0.25, 0.3) is 5.91 Å². The molecule has 1 saturated heterocycles. The quantitative estimate of drug-likeness (QED) is 0.658. The van der Waals surface area contributed by atoms with Gasteiger partial charge >= 0.3 is 0 Å². The van der Waals surface area contributed by atoms with Gasteiger partial charge in [-0.05, 0) is 61.6 Å². The predicted octanol–water partition coefficient (Wildman–Crippen LogP) is 4.83. The van der Waals surface area contributed by atoms with Crippen molar-refractivity contribution in [2.75, 3.05) is 13.1 Å². The van der Waals surface area contributed by atoms with Crippen molar-refractivity contribution < 1.29 is 9.21 Å². The number of nitrogens with zero attached hydrogens (tertiary/aromatic N) is 3. The van der Waals surface area contributed by atoms with Crippen LogP contribution in [0.2, 0.25) is 0 Å². The number of aryl methyl sites for hydroxylation is 1. The average molecular weight is 375 g/mol. The van der Waals surface area contributed by atoms with Gasteiger partial charge in [-0.1, -0.05) is 31.5 Å². The van der Waals surface area contributed by atoms with Crippen LogP contribution >= 0.6 is 0 Å². The van der Waals surface area contributed by atoms with Crippen molar-refractivity contribution in [3.63, 3.8) is 0 Å². The highest BCUT2D eigenvalue weighted by molar-refractivity contribution is 5.94. The first kappa shape index (κ1) is 18.4. The van der Waals surface area contributed by atoms with Crippen LogP contribution in [0.25, 0.3) is 22.9 Å². The molecule has 1 aromatic heterocycles. The number of amides is 1. The molecule has 2 heterocycles. The highest BCUT2D eigenvalue weighted by Gasteiger charge is 2.26. The minimum Gasteiger partial charge on any atom is -0.416 e. The van der Waals surface area contributed by atoms with Gasteiger partial charge in [0.1, 0.15) is 0 Å². The maximum atomic E-state index is 12.8. The van der Waals surface area contributed by atoms with E-state index in [0.717, 1.165) is 29.8 Å². The molecule has 1 aliphatic heterocycles. The third-order valence-corrected chi connectivity index (χ3v) is 5.22. The zero-order chi connectivity index (χ0) is 19.7. The Balaban J connectivity index is 1.51. The first-order valence-electron chi connectivity index (χ1n) is 9.80. The van der Waals surface area contributed by atoms with E-state index in [1.54, 1.807) is 0 Å². The number of hydrogen-bond donors (Lipinski definition) is 0. The second-order valence-corrected chi connectivity index (χ2v) is 8.02. The molecule has 1 fully saturated rings. The molecule has 2 aromatic carbocycles. The fraction of sp³-hybridized carbons (Fsp3) is 0.348. The van der Waals surface area contributed by atoms with Crippen LogP contribution in [0.1, 0.15) is 36.2 Å². The third-order valence-electron chi connectivity index (χ3n) is 5.22. The van der Waals surface area contributed by atoms with Crippen LogP contribution in [0.5, 0.6) is 0 Å². The molecule has 2 atom stereocenters. The molecular weight excluding hydrogens is 350 g/mol. The highest BCUT2D eigenvalue weighted by atomic mass is 16.4. The summed E-state index contributed by atoms with van der Waals surface area (Å²) in [6.07, 6.45) is 1.18. The van der Waals surface area contributed by atoms with Crippen molar-refractivity contribution in [2.24, 2.45) is 11.8 Å². The molecular formula is C23H25N3O2. The Morgan fingerprint density at radius 1 is 0.964 bits per heavy atom. The van der Waals surface area contributed by atoms with E-state index in [1.807, 2.05) is 60.4 Å². The SMILES string of the molecule is Cc1cccc(-c2nnc(-c3ccc(C(=O)N4CC(C)CC(C)C4)cc3)o2)c1. The molecule has 5 nitrogen and oxygen atoms in total. The second-order valence-electron chi connectivity index (χ2n) is 8.02. The van der Waals surface area contributed by atoms with Crippen molar-refractivity contribution >= 4 is 5.91 Å². The first-order valence-corrected chi connectivity index (χ1v) is 9.80. The molecule has 0 spiro atoms. The summed E-state index contributed by atoms with van der Waals surface area (Å²) in [7, 11) is 0. The third kappa shape index (κ3) is 3.84. The standard InChI is InChI=1S/C23H25N3O2/c1-15-5-4-6-20(12-15)22-25-24-21(28-22)18-7-9-19(10-8-18)23(27)26-13-16(2)11-17(3)14-26/h4-10,12,16-17H,11,13-14H2,1-3H3. The van der Waals surface area contributed by atoms with E-state index in [9.17, 15) is 4.79 Å². The molecule has 0 bridgehead atoms. The highest BCUT2D eigenvalue weighted by Crippen LogP contribution is 2.26. The van der Waals surface area contributed by atoms with Gasteiger partial charge in [0.05, 0.1) is 0 Å². The Hall–Kier alpha value is -2.95. The molecule has 3 aromatic rings. The van der Waals surface area contributed by atoms with Crippen molar-refractivity contribution in [3.8, 4) is 22.9 Å². The molecule has 0 N–H and O–H groups in total. The van der Waals surface area contributed by atoms with Gasteiger partial charge in [0.2, 0.25) is 11.8 Å². The molecule has 28 heavy (non-hydrogen) atoms. The fourth-order valence-corrected chi connectivity index (χ4v) is 4.00. The molecule has 4 rings (SSSR count). The molecule has 144 valence electrons. The largest absolute Gasteiger partial charge is 0.416 e. The summed E-state index contributed by atoms with van der Waals surface area (Å²) in [4.78, 5) is 14.8. The number of rotatable bonds is 3. The number of benzene rings is 2. The summed E-state index contributed by atoms with van der Waals surface area (Å²) in [6.45, 7) is 8.10. The van der Waals surface area contributed by atoms with Crippen molar-refractivity contribution in [1.29, 1.82) is 0 Å². The average Bonchev–Trinajstić information content (AvgIpc) is 3.17. The first-order chi connectivity index (χ1) is 13.5. The van der Waals surface area contributed by atoms with Crippen molar-refractivity contribution in [1.82, 2.24) is 15.1 Å². The summed E-state index contributed by atoms with van der Waals surface area (Å²) in [5, 5.41) is 8.32. The molecule has 2 unspecified atom stereocenters. The van der Waals surface area contributed by atoms with E-state index in [-0.39, 0.29) is 5.91 Å². The van der Waals surface area contributed by atoms with Crippen molar-refractivity contribution in [3.05, 3.63) is 59.7 Å². The van der Waals surface area contributed by atoms with Crippen LogP contribution in [0.4, 0.5) is 0 Å². The molecule has 1 amide bonds. The maximum absolute atomic E-state index is 12.8. The van der Waals surface area contributed by atoms with E-state index >= 15 is 0 Å². The van der Waals surface area contributed by atoms with Crippen LogP contribution < -0.4 is 0 Å². The normalized spacial score (nSPS) is 19.6.